The van der Waals surface area contributed by atoms with Gasteiger partial charge in [-0.15, -0.1) is 11.8 Å². The number of fused-ring (bicyclic) bond motifs is 1. The molecule has 0 aliphatic carbocycles. The number of thioether (sulfide) groups is 1. The van der Waals surface area contributed by atoms with Crippen LogP contribution in [0.2, 0.25) is 0 Å². The number of nitrogens with one attached hydrogen (secondary N) is 1. The molecule has 0 spiro atoms. The van der Waals surface area contributed by atoms with Crippen LogP contribution in [0.5, 0.6) is 11.5 Å². The van der Waals surface area contributed by atoms with Crippen LogP contribution >= 0.6 is 11.8 Å². The fourth-order valence-corrected chi connectivity index (χ4v) is 4.71. The number of anilines is 1. The Bertz CT molecular complexity index is 1210. The minimum Gasteiger partial charge on any atom is -0.493 e. The van der Waals surface area contributed by atoms with Crippen LogP contribution in [0.15, 0.2) is 65.6 Å². The summed E-state index contributed by atoms with van der Waals surface area (Å²) >= 11 is 1.61. The predicted octanol–water partition coefficient (Wildman–Crippen LogP) is 5.11. The van der Waals surface area contributed by atoms with Gasteiger partial charge in [0.25, 0.3) is 5.91 Å². The Morgan fingerprint density at radius 1 is 1.00 bits per heavy atom. The van der Waals surface area contributed by atoms with Crippen LogP contribution in [0.3, 0.4) is 0 Å². The number of hydrogen-bond acceptors (Lipinski definition) is 5. The third kappa shape index (κ3) is 4.33. The van der Waals surface area contributed by atoms with E-state index in [-0.39, 0.29) is 11.8 Å². The van der Waals surface area contributed by atoms with Crippen LogP contribution in [0.1, 0.15) is 33.4 Å². The van der Waals surface area contributed by atoms with Gasteiger partial charge in [0.15, 0.2) is 11.5 Å². The molecular formula is C26H25FN2O4S. The van der Waals surface area contributed by atoms with Crippen molar-refractivity contribution in [1.29, 1.82) is 0 Å². The van der Waals surface area contributed by atoms with Crippen molar-refractivity contribution in [2.45, 2.75) is 16.9 Å². The summed E-state index contributed by atoms with van der Waals surface area (Å²) in [6.07, 6.45) is 1.99. The Labute approximate surface area is 202 Å². The van der Waals surface area contributed by atoms with E-state index in [4.69, 9.17) is 9.47 Å². The highest BCUT2D eigenvalue weighted by Crippen LogP contribution is 2.46. The van der Waals surface area contributed by atoms with E-state index in [1.165, 1.54) is 38.5 Å². The molecule has 1 heterocycles. The van der Waals surface area contributed by atoms with Crippen LogP contribution in [0.25, 0.3) is 0 Å². The van der Waals surface area contributed by atoms with Crippen LogP contribution in [0, 0.1) is 5.82 Å². The lowest BCUT2D eigenvalue weighted by Gasteiger charge is -2.40. The molecule has 0 bridgehead atoms. The molecule has 0 fully saturated rings. The molecule has 2 amide bonds. The third-order valence-corrected chi connectivity index (χ3v) is 6.77. The zero-order valence-electron chi connectivity index (χ0n) is 19.3. The molecule has 3 aromatic carbocycles. The maximum atomic E-state index is 13.7. The molecule has 1 N–H and O–H groups in total. The van der Waals surface area contributed by atoms with Crippen molar-refractivity contribution in [2.24, 2.45) is 0 Å². The summed E-state index contributed by atoms with van der Waals surface area (Å²) in [6, 6.07) is 16.1. The first-order valence-electron chi connectivity index (χ1n) is 10.6. The monoisotopic (exact) mass is 480 g/mol. The van der Waals surface area contributed by atoms with Crippen molar-refractivity contribution in [3.05, 3.63) is 83.2 Å². The van der Waals surface area contributed by atoms with E-state index >= 15 is 0 Å². The van der Waals surface area contributed by atoms with E-state index in [1.807, 2.05) is 30.5 Å². The number of rotatable bonds is 6. The van der Waals surface area contributed by atoms with Gasteiger partial charge in [0.05, 0.1) is 26.2 Å². The zero-order valence-corrected chi connectivity index (χ0v) is 20.1. The van der Waals surface area contributed by atoms with Crippen LogP contribution in [-0.4, -0.2) is 44.2 Å². The smallest absolute Gasteiger partial charge is 0.254 e. The second-order valence-corrected chi connectivity index (χ2v) is 8.78. The number of halogens is 1. The molecule has 1 aliphatic heterocycles. The molecule has 176 valence electrons. The highest BCUT2D eigenvalue weighted by molar-refractivity contribution is 7.98. The van der Waals surface area contributed by atoms with Crippen LogP contribution in [0.4, 0.5) is 10.1 Å². The SMILES string of the molecule is COc1cc2c(cc1OC)[C@H](C(=O)Nc1ccc(F)cc1)[C@H](c1ccc(SC)cc1)N(C)C2=O. The maximum absolute atomic E-state index is 13.7. The molecule has 0 unspecified atom stereocenters. The summed E-state index contributed by atoms with van der Waals surface area (Å²) in [7, 11) is 4.69. The summed E-state index contributed by atoms with van der Waals surface area (Å²) in [5, 5.41) is 2.88. The summed E-state index contributed by atoms with van der Waals surface area (Å²) < 4.78 is 24.2. The normalized spacial score (nSPS) is 17.2. The summed E-state index contributed by atoms with van der Waals surface area (Å²) in [5.74, 6) is -0.852. The summed E-state index contributed by atoms with van der Waals surface area (Å²) in [5.41, 5.74) is 2.20. The minimum absolute atomic E-state index is 0.222. The largest absolute Gasteiger partial charge is 0.493 e. The van der Waals surface area contributed by atoms with E-state index in [0.717, 1.165) is 10.5 Å². The number of hydrogen-bond donors (Lipinski definition) is 1. The predicted molar refractivity (Wildman–Crippen MR) is 130 cm³/mol. The lowest BCUT2D eigenvalue weighted by Crippen LogP contribution is -2.44. The van der Waals surface area contributed by atoms with E-state index in [2.05, 4.69) is 5.32 Å². The topological polar surface area (TPSA) is 67.9 Å². The van der Waals surface area contributed by atoms with Gasteiger partial charge < -0.3 is 19.7 Å². The number of carbonyl (C=O) groups is 2. The van der Waals surface area contributed by atoms with Gasteiger partial charge in [-0.2, -0.15) is 0 Å². The number of nitrogens with zero attached hydrogens (tertiary/aromatic N) is 1. The first-order valence-corrected chi connectivity index (χ1v) is 11.8. The van der Waals surface area contributed by atoms with E-state index < -0.39 is 17.8 Å². The van der Waals surface area contributed by atoms with E-state index in [0.29, 0.717) is 28.3 Å². The standard InChI is InChI=1S/C26H25FN2O4S/c1-29-24(15-5-11-18(34-4)12-6-15)23(25(30)28-17-9-7-16(27)8-10-17)19-13-21(32-2)22(33-3)14-20(19)26(29)31/h5-14,23-24H,1-4H3,(H,28,30)/t23-,24-/m0/s1. The van der Waals surface area contributed by atoms with Crippen molar-refractivity contribution in [1.82, 2.24) is 4.90 Å². The number of benzene rings is 3. The van der Waals surface area contributed by atoms with Crippen LogP contribution in [-0.2, 0) is 4.79 Å². The van der Waals surface area contributed by atoms with Crippen molar-refractivity contribution in [2.75, 3.05) is 32.8 Å². The van der Waals surface area contributed by atoms with Crippen molar-refractivity contribution in [3.63, 3.8) is 0 Å². The summed E-state index contributed by atoms with van der Waals surface area (Å²) in [6.45, 7) is 0. The van der Waals surface area contributed by atoms with Gasteiger partial charge in [0.2, 0.25) is 5.91 Å². The highest BCUT2D eigenvalue weighted by Gasteiger charge is 2.43. The molecule has 6 nitrogen and oxygen atoms in total. The van der Waals surface area contributed by atoms with Crippen molar-refractivity contribution >= 4 is 29.3 Å². The molecule has 0 radical (unpaired) electrons. The fraction of sp³-hybridized carbons (Fsp3) is 0.231. The molecule has 0 aromatic heterocycles. The highest BCUT2D eigenvalue weighted by atomic mass is 32.2. The molecule has 34 heavy (non-hydrogen) atoms. The van der Waals surface area contributed by atoms with Gasteiger partial charge in [-0.05, 0) is 65.9 Å². The Hall–Kier alpha value is -3.52. The Morgan fingerprint density at radius 3 is 2.21 bits per heavy atom. The number of methoxy groups -OCH3 is 2. The van der Waals surface area contributed by atoms with Gasteiger partial charge >= 0.3 is 0 Å². The third-order valence-electron chi connectivity index (χ3n) is 6.03. The maximum Gasteiger partial charge on any atom is 0.254 e. The van der Waals surface area contributed by atoms with E-state index in [1.54, 1.807) is 35.8 Å². The number of carbonyl (C=O) groups excluding carboxylic acids is 2. The average Bonchev–Trinajstić information content (AvgIpc) is 2.86. The van der Waals surface area contributed by atoms with Gasteiger partial charge in [-0.1, -0.05) is 12.1 Å². The molecule has 3 aromatic rings. The summed E-state index contributed by atoms with van der Waals surface area (Å²) in [4.78, 5) is 29.8. The number of likely N-dealkylation sites (N-methyl/N-ethyl adjacent to an activating group) is 1. The first kappa shape index (κ1) is 23.6. The van der Waals surface area contributed by atoms with Crippen molar-refractivity contribution < 1.29 is 23.5 Å². The Kier molecular flexibility index (Phi) is 6.79. The van der Waals surface area contributed by atoms with Gasteiger partial charge in [0, 0.05) is 23.2 Å². The lowest BCUT2D eigenvalue weighted by atomic mass is 9.79. The minimum atomic E-state index is -0.748. The van der Waals surface area contributed by atoms with Crippen molar-refractivity contribution in [3.8, 4) is 11.5 Å². The molecule has 0 saturated carbocycles. The Morgan fingerprint density at radius 2 is 1.62 bits per heavy atom. The zero-order chi connectivity index (χ0) is 24.4. The van der Waals surface area contributed by atoms with Gasteiger partial charge in [-0.25, -0.2) is 4.39 Å². The molecule has 0 saturated heterocycles. The molecule has 4 rings (SSSR count). The molecular weight excluding hydrogens is 455 g/mol. The number of amides is 2. The van der Waals surface area contributed by atoms with Crippen LogP contribution < -0.4 is 14.8 Å². The molecule has 2 atom stereocenters. The quantitative estimate of drug-likeness (QED) is 0.497. The lowest BCUT2D eigenvalue weighted by molar-refractivity contribution is -0.119. The first-order chi connectivity index (χ1) is 16.4. The average molecular weight is 481 g/mol. The molecule has 8 heteroatoms. The second kappa shape index (κ2) is 9.77. The Balaban J connectivity index is 1.86. The second-order valence-electron chi connectivity index (χ2n) is 7.90. The number of ether oxygens (including phenoxy) is 2. The fourth-order valence-electron chi connectivity index (χ4n) is 4.30. The van der Waals surface area contributed by atoms with E-state index in [9.17, 15) is 14.0 Å². The molecule has 1 aliphatic rings. The van der Waals surface area contributed by atoms with Gasteiger partial charge in [0.1, 0.15) is 5.82 Å². The van der Waals surface area contributed by atoms with Gasteiger partial charge in [-0.3, -0.25) is 9.59 Å².